The SMILES string of the molecule is CCC[C@@H](C(=O)NOC1CCCSC1)N(CC)C(=O)NOS(=O)(=O)O. The molecule has 1 unspecified atom stereocenters. The van der Waals surface area contributed by atoms with E-state index in [-0.39, 0.29) is 12.6 Å². The van der Waals surface area contributed by atoms with E-state index in [1.54, 1.807) is 24.2 Å². The third-order valence-electron chi connectivity index (χ3n) is 3.52. The molecule has 12 heteroatoms. The van der Waals surface area contributed by atoms with Crippen LogP contribution in [0.3, 0.4) is 0 Å². The first kappa shape index (κ1) is 22.0. The Balaban J connectivity index is 2.65. The smallest absolute Gasteiger partial charge is 0.311 e. The summed E-state index contributed by atoms with van der Waals surface area (Å²) in [6.45, 7) is 3.60. The van der Waals surface area contributed by atoms with Crippen LogP contribution in [0.1, 0.15) is 39.5 Å². The maximum Gasteiger partial charge on any atom is 0.418 e. The molecule has 10 nitrogen and oxygen atoms in total. The van der Waals surface area contributed by atoms with Gasteiger partial charge in [0.05, 0.1) is 6.10 Å². The van der Waals surface area contributed by atoms with Gasteiger partial charge in [-0.3, -0.25) is 14.2 Å². The molecule has 1 aliphatic heterocycles. The van der Waals surface area contributed by atoms with E-state index in [2.05, 4.69) is 9.76 Å². The van der Waals surface area contributed by atoms with Crippen LogP contribution in [0.25, 0.3) is 0 Å². The number of urea groups is 1. The van der Waals surface area contributed by atoms with Crippen molar-refractivity contribution >= 4 is 34.1 Å². The molecule has 1 heterocycles. The van der Waals surface area contributed by atoms with Crippen LogP contribution in [0.5, 0.6) is 0 Å². The van der Waals surface area contributed by atoms with Crippen molar-refractivity contribution in [2.75, 3.05) is 18.1 Å². The predicted molar refractivity (Wildman–Crippen MR) is 91.8 cm³/mol. The quantitative estimate of drug-likeness (QED) is 0.384. The second-order valence-electron chi connectivity index (χ2n) is 5.43. The van der Waals surface area contributed by atoms with Gasteiger partial charge in [0.1, 0.15) is 6.04 Å². The molecule has 1 saturated heterocycles. The van der Waals surface area contributed by atoms with E-state index >= 15 is 0 Å². The molecule has 0 aliphatic carbocycles. The van der Waals surface area contributed by atoms with Crippen LogP contribution in [0.4, 0.5) is 4.79 Å². The van der Waals surface area contributed by atoms with Crippen molar-refractivity contribution < 1.29 is 31.7 Å². The Morgan fingerprint density at radius 3 is 2.60 bits per heavy atom. The number of likely N-dealkylation sites (N-methyl/N-ethyl adjacent to an activating group) is 1. The van der Waals surface area contributed by atoms with Gasteiger partial charge in [-0.25, -0.2) is 10.3 Å². The largest absolute Gasteiger partial charge is 0.418 e. The standard InChI is InChI=1S/C13H25N3O7S2/c1-3-6-11(12(17)14-22-10-7-5-8-24-9-10)16(4-2)13(18)15-23-25(19,20)21/h10-11H,3-9H2,1-2H3,(H,14,17)(H,15,18)(H,19,20,21)/t10?,11-/m0/s1. The van der Waals surface area contributed by atoms with Gasteiger partial charge in [-0.1, -0.05) is 13.3 Å². The number of amides is 3. The molecule has 1 aliphatic rings. The van der Waals surface area contributed by atoms with Gasteiger partial charge in [0.15, 0.2) is 0 Å². The number of hydroxylamine groups is 2. The normalized spacial score (nSPS) is 19.1. The lowest BCUT2D eigenvalue weighted by Gasteiger charge is -2.30. The zero-order chi connectivity index (χ0) is 18.9. The monoisotopic (exact) mass is 399 g/mol. The summed E-state index contributed by atoms with van der Waals surface area (Å²) in [5, 5.41) is 0. The summed E-state index contributed by atoms with van der Waals surface area (Å²) >= 11 is 1.75. The van der Waals surface area contributed by atoms with Gasteiger partial charge in [-0.2, -0.15) is 25.7 Å². The molecule has 1 fully saturated rings. The lowest BCUT2D eigenvalue weighted by Crippen LogP contribution is -2.53. The maximum absolute atomic E-state index is 12.4. The fourth-order valence-corrected chi connectivity index (χ4v) is 3.58. The molecule has 0 radical (unpaired) electrons. The van der Waals surface area contributed by atoms with Crippen LogP contribution >= 0.6 is 11.8 Å². The minimum atomic E-state index is -4.83. The summed E-state index contributed by atoms with van der Waals surface area (Å²) in [5.41, 5.74) is 3.99. The van der Waals surface area contributed by atoms with E-state index < -0.39 is 28.4 Å². The molecule has 1 rings (SSSR count). The topological polar surface area (TPSA) is 134 Å². The number of rotatable bonds is 9. The number of hydrogen-bond acceptors (Lipinski definition) is 7. The number of hydrogen-bond donors (Lipinski definition) is 3. The summed E-state index contributed by atoms with van der Waals surface area (Å²) in [5.74, 6) is 1.36. The Kier molecular flexibility index (Phi) is 9.50. The summed E-state index contributed by atoms with van der Waals surface area (Å²) in [4.78, 5) is 31.0. The average Bonchev–Trinajstić information content (AvgIpc) is 2.58. The highest BCUT2D eigenvalue weighted by Crippen LogP contribution is 2.19. The van der Waals surface area contributed by atoms with Crippen LogP contribution in [-0.2, 0) is 24.3 Å². The van der Waals surface area contributed by atoms with Crippen molar-refractivity contribution in [3.05, 3.63) is 0 Å². The van der Waals surface area contributed by atoms with E-state index in [0.29, 0.717) is 12.8 Å². The Hall–Kier alpha value is -1.08. The highest BCUT2D eigenvalue weighted by molar-refractivity contribution is 7.99. The molecule has 2 atom stereocenters. The molecular formula is C13H25N3O7S2. The number of carbonyl (C=O) groups excluding carboxylic acids is 2. The molecule has 3 amide bonds. The van der Waals surface area contributed by atoms with Crippen molar-refractivity contribution in [3.8, 4) is 0 Å². The zero-order valence-electron chi connectivity index (χ0n) is 14.3. The highest BCUT2D eigenvalue weighted by Gasteiger charge is 2.30. The predicted octanol–water partition coefficient (Wildman–Crippen LogP) is 0.864. The van der Waals surface area contributed by atoms with Crippen molar-refractivity contribution in [1.29, 1.82) is 0 Å². The summed E-state index contributed by atoms with van der Waals surface area (Å²) < 4.78 is 33.5. The minimum Gasteiger partial charge on any atom is -0.311 e. The van der Waals surface area contributed by atoms with Crippen LogP contribution in [0, 0.1) is 0 Å². The lowest BCUT2D eigenvalue weighted by atomic mass is 10.1. The molecule has 0 aromatic carbocycles. The van der Waals surface area contributed by atoms with Gasteiger partial charge in [0, 0.05) is 12.3 Å². The van der Waals surface area contributed by atoms with Gasteiger partial charge in [0.2, 0.25) is 0 Å². The van der Waals surface area contributed by atoms with Crippen LogP contribution in [-0.4, -0.2) is 60.0 Å². The molecule has 0 aromatic heterocycles. The Labute approximate surface area is 151 Å². The van der Waals surface area contributed by atoms with E-state index in [4.69, 9.17) is 9.39 Å². The third kappa shape index (κ3) is 8.23. The maximum atomic E-state index is 12.4. The van der Waals surface area contributed by atoms with Crippen LogP contribution in [0.2, 0.25) is 0 Å². The fraction of sp³-hybridized carbons (Fsp3) is 0.846. The molecule has 0 aromatic rings. The Bertz CT molecular complexity index is 538. The number of carbonyl (C=O) groups is 2. The minimum absolute atomic E-state index is 0.0725. The van der Waals surface area contributed by atoms with Crippen molar-refractivity contribution in [2.24, 2.45) is 0 Å². The van der Waals surface area contributed by atoms with Gasteiger partial charge in [-0.05, 0) is 31.9 Å². The molecular weight excluding hydrogens is 374 g/mol. The van der Waals surface area contributed by atoms with Gasteiger partial charge in [0.25, 0.3) is 5.91 Å². The average molecular weight is 399 g/mol. The van der Waals surface area contributed by atoms with Gasteiger partial charge < -0.3 is 4.90 Å². The van der Waals surface area contributed by atoms with E-state index in [9.17, 15) is 18.0 Å². The summed E-state index contributed by atoms with van der Waals surface area (Å²) in [6, 6.07) is -1.82. The number of nitrogens with one attached hydrogen (secondary N) is 2. The Morgan fingerprint density at radius 1 is 1.36 bits per heavy atom. The molecule has 25 heavy (non-hydrogen) atoms. The molecule has 0 spiro atoms. The highest BCUT2D eigenvalue weighted by atomic mass is 32.3. The third-order valence-corrected chi connectivity index (χ3v) is 5.00. The molecule has 146 valence electrons. The Morgan fingerprint density at radius 2 is 2.08 bits per heavy atom. The van der Waals surface area contributed by atoms with Gasteiger partial charge >= 0.3 is 16.4 Å². The van der Waals surface area contributed by atoms with E-state index in [1.165, 1.54) is 0 Å². The lowest BCUT2D eigenvalue weighted by molar-refractivity contribution is -0.142. The van der Waals surface area contributed by atoms with Crippen molar-refractivity contribution in [3.63, 3.8) is 0 Å². The summed E-state index contributed by atoms with van der Waals surface area (Å²) in [6.07, 6.45) is 2.75. The van der Waals surface area contributed by atoms with E-state index in [0.717, 1.165) is 29.2 Å². The summed E-state index contributed by atoms with van der Waals surface area (Å²) in [7, 11) is -4.83. The van der Waals surface area contributed by atoms with Crippen molar-refractivity contribution in [1.82, 2.24) is 15.9 Å². The molecule has 0 bridgehead atoms. The zero-order valence-corrected chi connectivity index (χ0v) is 15.9. The van der Waals surface area contributed by atoms with Crippen LogP contribution in [0.15, 0.2) is 0 Å². The fourth-order valence-electron chi connectivity index (χ4n) is 2.37. The van der Waals surface area contributed by atoms with Crippen molar-refractivity contribution in [2.45, 2.75) is 51.7 Å². The number of nitrogens with zero attached hydrogens (tertiary/aromatic N) is 1. The second kappa shape index (κ2) is 10.8. The first-order valence-electron chi connectivity index (χ1n) is 8.04. The number of thioether (sulfide) groups is 1. The van der Waals surface area contributed by atoms with Gasteiger partial charge in [-0.15, -0.1) is 4.28 Å². The second-order valence-corrected chi connectivity index (χ2v) is 7.60. The molecule has 3 N–H and O–H groups in total. The first-order chi connectivity index (χ1) is 11.8. The van der Waals surface area contributed by atoms with Crippen LogP contribution < -0.4 is 11.0 Å². The molecule has 0 saturated carbocycles. The van der Waals surface area contributed by atoms with E-state index in [1.807, 2.05) is 6.92 Å². The first-order valence-corrected chi connectivity index (χ1v) is 10.6.